The van der Waals surface area contributed by atoms with E-state index in [4.69, 9.17) is 0 Å². The molecule has 1 aliphatic carbocycles. The Morgan fingerprint density at radius 2 is 2.04 bits per heavy atom. The zero-order valence-electron chi connectivity index (χ0n) is 14.5. The molecule has 0 amide bonds. The highest BCUT2D eigenvalue weighted by Crippen LogP contribution is 2.45. The van der Waals surface area contributed by atoms with Crippen LogP contribution in [0.15, 0.2) is 30.6 Å². The van der Waals surface area contributed by atoms with Gasteiger partial charge >= 0.3 is 0 Å². The molecule has 0 fully saturated rings. The maximum Gasteiger partial charge on any atom is 0.161 e. The Hall–Kier alpha value is -2.69. The zero-order valence-corrected chi connectivity index (χ0v) is 14.5. The molecule has 0 bridgehead atoms. The van der Waals surface area contributed by atoms with Crippen LogP contribution >= 0.6 is 0 Å². The number of nitrogens with one attached hydrogen (secondary N) is 1. The summed E-state index contributed by atoms with van der Waals surface area (Å²) in [5.41, 5.74) is 7.78. The molecular weight excluding hydrogens is 312 g/mol. The van der Waals surface area contributed by atoms with Crippen LogP contribution in [0.1, 0.15) is 37.0 Å². The smallest absolute Gasteiger partial charge is 0.161 e. The molecule has 2 aromatic heterocycles. The topological polar surface area (TPSA) is 59.3 Å². The van der Waals surface area contributed by atoms with Gasteiger partial charge < -0.3 is 5.32 Å². The van der Waals surface area contributed by atoms with Crippen molar-refractivity contribution >= 4 is 17.1 Å². The molecule has 5 rings (SSSR count). The monoisotopic (exact) mass is 332 g/mol. The summed E-state index contributed by atoms with van der Waals surface area (Å²) in [6.07, 6.45) is 5.07. The van der Waals surface area contributed by atoms with Gasteiger partial charge in [-0.25, -0.2) is 0 Å². The van der Waals surface area contributed by atoms with Crippen LogP contribution in [-0.2, 0) is 23.1 Å². The van der Waals surface area contributed by atoms with Gasteiger partial charge in [0.25, 0.3) is 0 Å². The van der Waals surface area contributed by atoms with Crippen LogP contribution in [0.2, 0.25) is 0 Å². The van der Waals surface area contributed by atoms with Crippen molar-refractivity contribution in [3.05, 3.63) is 47.3 Å². The summed E-state index contributed by atoms with van der Waals surface area (Å²) in [4.78, 5) is 12.5. The first kappa shape index (κ1) is 14.6. The molecule has 1 aromatic carbocycles. The van der Waals surface area contributed by atoms with Gasteiger partial charge in [-0.05, 0) is 68.0 Å². The quantitative estimate of drug-likeness (QED) is 0.744. The first-order chi connectivity index (χ1) is 12.1. The Kier molecular flexibility index (Phi) is 2.87. The predicted octanol–water partition coefficient (Wildman–Crippen LogP) is 3.16. The molecule has 126 valence electrons. The highest BCUT2D eigenvalue weighted by molar-refractivity contribution is 5.98. The Morgan fingerprint density at radius 3 is 2.92 bits per heavy atom. The molecule has 25 heavy (non-hydrogen) atoms. The van der Waals surface area contributed by atoms with Crippen molar-refractivity contribution in [3.8, 4) is 11.3 Å². The number of carbonyl (C=O) groups is 1. The third-order valence-electron chi connectivity index (χ3n) is 5.81. The van der Waals surface area contributed by atoms with Crippen molar-refractivity contribution in [1.29, 1.82) is 0 Å². The zero-order chi connectivity index (χ0) is 17.2. The van der Waals surface area contributed by atoms with Crippen molar-refractivity contribution in [1.82, 2.24) is 14.6 Å². The third kappa shape index (κ3) is 1.92. The first-order valence-electron chi connectivity index (χ1n) is 8.83. The van der Waals surface area contributed by atoms with Gasteiger partial charge in [0, 0.05) is 11.3 Å². The Bertz CT molecular complexity index is 1030. The standard InChI is InChI=1S/C20H20N4O/c1-20(2)15-9-14(16-7-4-8-18-23-22-11-24(16)18)12-5-3-6-13(12)19(15)21-10-17(20)25/h4,7-9,11,21H,3,5-6,10H2,1-2H3. The molecule has 0 atom stereocenters. The van der Waals surface area contributed by atoms with E-state index in [0.29, 0.717) is 6.54 Å². The molecule has 0 saturated carbocycles. The second-order valence-electron chi connectivity index (χ2n) is 7.53. The number of benzene rings is 1. The molecule has 2 aliphatic rings. The minimum atomic E-state index is -0.464. The van der Waals surface area contributed by atoms with E-state index in [9.17, 15) is 4.79 Å². The summed E-state index contributed by atoms with van der Waals surface area (Å²) in [7, 11) is 0. The van der Waals surface area contributed by atoms with Crippen molar-refractivity contribution < 1.29 is 4.79 Å². The van der Waals surface area contributed by atoms with Crippen molar-refractivity contribution in [3.63, 3.8) is 0 Å². The lowest BCUT2D eigenvalue weighted by Gasteiger charge is -2.34. The number of ketones is 1. The molecule has 0 radical (unpaired) electrons. The Balaban J connectivity index is 1.85. The third-order valence-corrected chi connectivity index (χ3v) is 5.81. The summed E-state index contributed by atoms with van der Waals surface area (Å²) >= 11 is 0. The summed E-state index contributed by atoms with van der Waals surface area (Å²) in [6.45, 7) is 4.51. The molecular formula is C20H20N4O. The lowest BCUT2D eigenvalue weighted by Crippen LogP contribution is -2.39. The maximum absolute atomic E-state index is 12.5. The highest BCUT2D eigenvalue weighted by Gasteiger charge is 2.38. The number of aromatic nitrogens is 3. The number of hydrogen-bond donors (Lipinski definition) is 1. The average Bonchev–Trinajstić information content (AvgIpc) is 3.26. The number of fused-ring (bicyclic) bond motifs is 4. The number of rotatable bonds is 1. The number of nitrogens with zero attached hydrogens (tertiary/aromatic N) is 3. The average molecular weight is 332 g/mol. The summed E-state index contributed by atoms with van der Waals surface area (Å²) in [5, 5.41) is 11.6. The molecule has 5 heteroatoms. The maximum atomic E-state index is 12.5. The fourth-order valence-electron chi connectivity index (χ4n) is 4.31. The van der Waals surface area contributed by atoms with Crippen molar-refractivity contribution in [2.75, 3.05) is 11.9 Å². The van der Waals surface area contributed by atoms with Crippen LogP contribution in [0.5, 0.6) is 0 Å². The minimum absolute atomic E-state index is 0.242. The number of hydrogen-bond acceptors (Lipinski definition) is 4. The van der Waals surface area contributed by atoms with E-state index < -0.39 is 5.41 Å². The second-order valence-corrected chi connectivity index (χ2v) is 7.53. The van der Waals surface area contributed by atoms with E-state index >= 15 is 0 Å². The van der Waals surface area contributed by atoms with Crippen LogP contribution in [0.25, 0.3) is 16.9 Å². The normalized spacial score (nSPS) is 18.1. The van der Waals surface area contributed by atoms with Gasteiger partial charge in [0.15, 0.2) is 11.4 Å². The first-order valence-corrected chi connectivity index (χ1v) is 8.83. The molecule has 3 heterocycles. The van der Waals surface area contributed by atoms with Crippen LogP contribution in [0.4, 0.5) is 5.69 Å². The number of anilines is 1. The number of Topliss-reactive ketones (excluding diaryl/α,β-unsaturated/α-hetero) is 1. The molecule has 0 spiro atoms. The predicted molar refractivity (Wildman–Crippen MR) is 97.0 cm³/mol. The highest BCUT2D eigenvalue weighted by atomic mass is 16.1. The Labute approximate surface area is 146 Å². The molecule has 1 aliphatic heterocycles. The van der Waals surface area contributed by atoms with Crippen LogP contribution in [0, 0.1) is 0 Å². The molecule has 3 aromatic rings. The van der Waals surface area contributed by atoms with Gasteiger partial charge in [-0.3, -0.25) is 9.20 Å². The summed E-state index contributed by atoms with van der Waals surface area (Å²) in [5.74, 6) is 0.242. The largest absolute Gasteiger partial charge is 0.377 e. The summed E-state index contributed by atoms with van der Waals surface area (Å²) in [6, 6.07) is 8.32. The lowest BCUT2D eigenvalue weighted by molar-refractivity contribution is -0.122. The minimum Gasteiger partial charge on any atom is -0.377 e. The van der Waals surface area contributed by atoms with Crippen molar-refractivity contribution in [2.45, 2.75) is 38.5 Å². The van der Waals surface area contributed by atoms with Gasteiger partial charge in [0.1, 0.15) is 6.33 Å². The van der Waals surface area contributed by atoms with E-state index in [0.717, 1.165) is 36.2 Å². The van der Waals surface area contributed by atoms with Gasteiger partial charge in [-0.15, -0.1) is 10.2 Å². The second kappa shape index (κ2) is 4.91. The SMILES string of the molecule is CC1(C)C(=O)CNc2c1cc(-c1cccc3nncn13)c1c2CCC1. The van der Waals surface area contributed by atoms with Gasteiger partial charge in [0.2, 0.25) is 0 Å². The van der Waals surface area contributed by atoms with E-state index in [1.807, 2.05) is 30.4 Å². The molecule has 0 saturated heterocycles. The van der Waals surface area contributed by atoms with Gasteiger partial charge in [0.05, 0.1) is 17.7 Å². The fraction of sp³-hybridized carbons (Fsp3) is 0.350. The number of carbonyl (C=O) groups excluding carboxylic acids is 1. The Morgan fingerprint density at radius 1 is 1.20 bits per heavy atom. The van der Waals surface area contributed by atoms with Crippen molar-refractivity contribution in [2.24, 2.45) is 0 Å². The van der Waals surface area contributed by atoms with E-state index in [-0.39, 0.29) is 5.78 Å². The fourth-order valence-corrected chi connectivity index (χ4v) is 4.31. The van der Waals surface area contributed by atoms with Gasteiger partial charge in [-0.2, -0.15) is 0 Å². The van der Waals surface area contributed by atoms with E-state index in [2.05, 4.69) is 27.6 Å². The van der Waals surface area contributed by atoms with E-state index in [1.165, 1.54) is 22.4 Å². The van der Waals surface area contributed by atoms with E-state index in [1.54, 1.807) is 6.33 Å². The van der Waals surface area contributed by atoms with Gasteiger partial charge in [-0.1, -0.05) is 6.07 Å². The van der Waals surface area contributed by atoms with Crippen LogP contribution < -0.4 is 5.32 Å². The van der Waals surface area contributed by atoms with Crippen LogP contribution in [-0.4, -0.2) is 26.9 Å². The molecule has 5 nitrogen and oxygen atoms in total. The van der Waals surface area contributed by atoms with Crippen LogP contribution in [0.3, 0.4) is 0 Å². The lowest BCUT2D eigenvalue weighted by atomic mass is 9.74. The summed E-state index contributed by atoms with van der Waals surface area (Å²) < 4.78 is 2.03. The molecule has 1 N–H and O–H groups in total. The number of pyridine rings is 1. The molecule has 0 unspecified atom stereocenters.